The number of imidazole rings is 1. The summed E-state index contributed by atoms with van der Waals surface area (Å²) in [5.74, 6) is 1.48. The Labute approximate surface area is 138 Å². The van der Waals surface area contributed by atoms with E-state index in [-0.39, 0.29) is 0 Å². The Bertz CT molecular complexity index is 635. The van der Waals surface area contributed by atoms with Crippen molar-refractivity contribution in [1.82, 2.24) is 14.5 Å². The van der Waals surface area contributed by atoms with Crippen molar-refractivity contribution in [1.29, 1.82) is 0 Å². The standard InChI is InChI=1S/C19H27N3O/c1-21(2)13-15-5-3-7-17(11-15)19-20-9-10-22(19)18-8-4-6-16(12-18)14-23/h3,5,7,9-11,16,18,23H,4,6,8,12-14H2,1-2H3/t16-,18+/m0/s1. The van der Waals surface area contributed by atoms with Crippen LogP contribution < -0.4 is 0 Å². The van der Waals surface area contributed by atoms with Gasteiger partial charge in [0, 0.05) is 37.2 Å². The lowest BCUT2D eigenvalue weighted by Crippen LogP contribution is -2.21. The van der Waals surface area contributed by atoms with Gasteiger partial charge < -0.3 is 14.6 Å². The van der Waals surface area contributed by atoms with E-state index in [9.17, 15) is 5.11 Å². The summed E-state index contributed by atoms with van der Waals surface area (Å²) in [4.78, 5) is 6.80. The van der Waals surface area contributed by atoms with Crippen LogP contribution in [0.3, 0.4) is 0 Å². The lowest BCUT2D eigenvalue weighted by molar-refractivity contribution is 0.163. The number of nitrogens with zero attached hydrogens (tertiary/aromatic N) is 3. The molecule has 1 aromatic carbocycles. The van der Waals surface area contributed by atoms with Gasteiger partial charge in [-0.3, -0.25) is 0 Å². The number of benzene rings is 1. The molecule has 0 bridgehead atoms. The fourth-order valence-electron chi connectivity index (χ4n) is 3.69. The lowest BCUT2D eigenvalue weighted by Gasteiger charge is -2.30. The van der Waals surface area contributed by atoms with Crippen LogP contribution in [-0.4, -0.2) is 40.3 Å². The highest BCUT2D eigenvalue weighted by Crippen LogP contribution is 2.35. The van der Waals surface area contributed by atoms with Gasteiger partial charge in [-0.25, -0.2) is 4.98 Å². The maximum atomic E-state index is 9.48. The van der Waals surface area contributed by atoms with Crippen molar-refractivity contribution >= 4 is 0 Å². The van der Waals surface area contributed by atoms with Crippen LogP contribution >= 0.6 is 0 Å². The highest BCUT2D eigenvalue weighted by atomic mass is 16.3. The first-order chi connectivity index (χ1) is 11.2. The van der Waals surface area contributed by atoms with Gasteiger partial charge in [0.25, 0.3) is 0 Å². The summed E-state index contributed by atoms with van der Waals surface area (Å²) in [7, 11) is 4.18. The molecule has 23 heavy (non-hydrogen) atoms. The van der Waals surface area contributed by atoms with Crippen LogP contribution in [0.2, 0.25) is 0 Å². The topological polar surface area (TPSA) is 41.3 Å². The third kappa shape index (κ3) is 3.82. The van der Waals surface area contributed by atoms with E-state index >= 15 is 0 Å². The lowest BCUT2D eigenvalue weighted by atomic mass is 9.86. The molecule has 0 unspecified atom stereocenters. The Hall–Kier alpha value is -1.65. The van der Waals surface area contributed by atoms with E-state index in [2.05, 4.69) is 59.0 Å². The molecule has 1 aliphatic rings. The maximum absolute atomic E-state index is 9.48. The maximum Gasteiger partial charge on any atom is 0.140 e. The minimum atomic E-state index is 0.304. The van der Waals surface area contributed by atoms with Gasteiger partial charge in [0.05, 0.1) is 0 Å². The molecule has 1 saturated carbocycles. The number of aromatic nitrogens is 2. The van der Waals surface area contributed by atoms with Crippen LogP contribution in [-0.2, 0) is 6.54 Å². The van der Waals surface area contributed by atoms with Crippen molar-refractivity contribution < 1.29 is 5.11 Å². The van der Waals surface area contributed by atoms with Gasteiger partial charge in [-0.1, -0.05) is 24.6 Å². The summed E-state index contributed by atoms with van der Waals surface area (Å²) in [5, 5.41) is 9.48. The van der Waals surface area contributed by atoms with Crippen LogP contribution in [0.5, 0.6) is 0 Å². The monoisotopic (exact) mass is 313 g/mol. The summed E-state index contributed by atoms with van der Waals surface area (Å²) in [5.41, 5.74) is 2.49. The number of hydrogen-bond donors (Lipinski definition) is 1. The molecule has 3 rings (SSSR count). The van der Waals surface area contributed by atoms with Crippen LogP contribution in [0.4, 0.5) is 0 Å². The Balaban J connectivity index is 1.86. The molecule has 124 valence electrons. The molecule has 2 atom stereocenters. The first-order valence-electron chi connectivity index (χ1n) is 8.55. The molecule has 0 saturated heterocycles. The molecule has 4 nitrogen and oxygen atoms in total. The zero-order valence-electron chi connectivity index (χ0n) is 14.2. The largest absolute Gasteiger partial charge is 0.396 e. The fourth-order valence-corrected chi connectivity index (χ4v) is 3.69. The molecule has 0 aliphatic heterocycles. The molecule has 1 fully saturated rings. The van der Waals surface area contributed by atoms with E-state index in [1.807, 2.05) is 6.20 Å². The number of hydrogen-bond acceptors (Lipinski definition) is 3. The van der Waals surface area contributed by atoms with E-state index in [0.29, 0.717) is 18.6 Å². The quantitative estimate of drug-likeness (QED) is 0.920. The zero-order valence-corrected chi connectivity index (χ0v) is 14.2. The molecule has 1 heterocycles. The molecule has 0 radical (unpaired) electrons. The predicted molar refractivity (Wildman–Crippen MR) is 93.1 cm³/mol. The molecular formula is C19H27N3O. The number of aliphatic hydroxyl groups excluding tert-OH is 1. The molecule has 2 aromatic rings. The number of aliphatic hydroxyl groups is 1. The van der Waals surface area contributed by atoms with Crippen LogP contribution in [0.1, 0.15) is 37.3 Å². The fraction of sp³-hybridized carbons (Fsp3) is 0.526. The smallest absolute Gasteiger partial charge is 0.140 e. The molecule has 0 spiro atoms. The van der Waals surface area contributed by atoms with E-state index in [1.54, 1.807) is 0 Å². The Morgan fingerprint density at radius 1 is 1.30 bits per heavy atom. The molecule has 4 heteroatoms. The normalized spacial score (nSPS) is 21.7. The Morgan fingerprint density at radius 2 is 2.17 bits per heavy atom. The van der Waals surface area contributed by atoms with Gasteiger partial charge in [-0.2, -0.15) is 0 Å². The molecule has 1 N–H and O–H groups in total. The zero-order chi connectivity index (χ0) is 16.2. The van der Waals surface area contributed by atoms with Gasteiger partial charge in [0.2, 0.25) is 0 Å². The van der Waals surface area contributed by atoms with Gasteiger partial charge in [0.15, 0.2) is 0 Å². The van der Waals surface area contributed by atoms with Gasteiger partial charge in [-0.05, 0) is 50.9 Å². The van der Waals surface area contributed by atoms with Crippen molar-refractivity contribution in [3.8, 4) is 11.4 Å². The molecular weight excluding hydrogens is 286 g/mol. The van der Waals surface area contributed by atoms with Crippen molar-refractivity contribution in [2.75, 3.05) is 20.7 Å². The van der Waals surface area contributed by atoms with Gasteiger partial charge >= 0.3 is 0 Å². The summed E-state index contributed by atoms with van der Waals surface area (Å²) in [6.07, 6.45) is 8.56. The van der Waals surface area contributed by atoms with E-state index in [1.165, 1.54) is 24.0 Å². The molecule has 0 amide bonds. The molecule has 1 aliphatic carbocycles. The second-order valence-corrected chi connectivity index (χ2v) is 6.97. The van der Waals surface area contributed by atoms with Gasteiger partial charge in [0.1, 0.15) is 5.82 Å². The third-order valence-electron chi connectivity index (χ3n) is 4.76. The van der Waals surface area contributed by atoms with Crippen molar-refractivity contribution in [3.63, 3.8) is 0 Å². The summed E-state index contributed by atoms with van der Waals surface area (Å²) in [6, 6.07) is 9.12. The minimum Gasteiger partial charge on any atom is -0.396 e. The third-order valence-corrected chi connectivity index (χ3v) is 4.76. The molecule has 1 aromatic heterocycles. The average molecular weight is 313 g/mol. The van der Waals surface area contributed by atoms with E-state index in [0.717, 1.165) is 25.2 Å². The SMILES string of the molecule is CN(C)Cc1cccc(-c2nccn2[C@@H]2CCC[C@H](CO)C2)c1. The average Bonchev–Trinajstić information content (AvgIpc) is 3.04. The van der Waals surface area contributed by atoms with Crippen LogP contribution in [0, 0.1) is 5.92 Å². The summed E-state index contributed by atoms with van der Waals surface area (Å²) < 4.78 is 2.32. The van der Waals surface area contributed by atoms with E-state index < -0.39 is 0 Å². The highest BCUT2D eigenvalue weighted by Gasteiger charge is 2.24. The van der Waals surface area contributed by atoms with Crippen molar-refractivity contribution in [2.24, 2.45) is 5.92 Å². The minimum absolute atomic E-state index is 0.304. The number of rotatable bonds is 5. The van der Waals surface area contributed by atoms with Crippen LogP contribution in [0.25, 0.3) is 11.4 Å². The summed E-state index contributed by atoms with van der Waals surface area (Å²) in [6.45, 7) is 1.24. The Kier molecular flexibility index (Phi) is 5.13. The van der Waals surface area contributed by atoms with Crippen molar-refractivity contribution in [3.05, 3.63) is 42.2 Å². The van der Waals surface area contributed by atoms with Crippen LogP contribution in [0.15, 0.2) is 36.7 Å². The van der Waals surface area contributed by atoms with Gasteiger partial charge in [-0.15, -0.1) is 0 Å². The second kappa shape index (κ2) is 7.28. The Morgan fingerprint density at radius 3 is 2.96 bits per heavy atom. The van der Waals surface area contributed by atoms with Crippen molar-refractivity contribution in [2.45, 2.75) is 38.3 Å². The second-order valence-electron chi connectivity index (χ2n) is 6.97. The predicted octanol–water partition coefficient (Wildman–Crippen LogP) is 3.34. The highest BCUT2D eigenvalue weighted by molar-refractivity contribution is 5.57. The summed E-state index contributed by atoms with van der Waals surface area (Å²) >= 11 is 0. The first kappa shape index (κ1) is 16.2. The first-order valence-corrected chi connectivity index (χ1v) is 8.55. The van der Waals surface area contributed by atoms with E-state index in [4.69, 9.17) is 0 Å².